The maximum absolute atomic E-state index is 12.6. The SMILES string of the molecule is COc1ccc(CCN2C[C@H](C(=O)N3CCOCC3)CC2=O)cc1OC. The predicted molar refractivity (Wildman–Crippen MR) is 95.3 cm³/mol. The molecule has 0 spiro atoms. The summed E-state index contributed by atoms with van der Waals surface area (Å²) in [6.45, 7) is 3.50. The zero-order valence-corrected chi connectivity index (χ0v) is 15.4. The smallest absolute Gasteiger partial charge is 0.228 e. The average molecular weight is 362 g/mol. The highest BCUT2D eigenvalue weighted by Gasteiger charge is 2.36. The van der Waals surface area contributed by atoms with Crippen LogP contribution in [0.3, 0.4) is 0 Å². The fourth-order valence-corrected chi connectivity index (χ4v) is 3.50. The fraction of sp³-hybridized carbons (Fsp3) is 0.579. The van der Waals surface area contributed by atoms with E-state index in [0.29, 0.717) is 63.7 Å². The highest BCUT2D eigenvalue weighted by Crippen LogP contribution is 2.28. The molecule has 2 fully saturated rings. The first-order valence-corrected chi connectivity index (χ1v) is 8.97. The number of hydrogen-bond acceptors (Lipinski definition) is 5. The summed E-state index contributed by atoms with van der Waals surface area (Å²) in [5.74, 6) is 1.26. The summed E-state index contributed by atoms with van der Waals surface area (Å²) in [5.41, 5.74) is 1.07. The van der Waals surface area contributed by atoms with Gasteiger partial charge in [-0.25, -0.2) is 0 Å². The second-order valence-electron chi connectivity index (χ2n) is 6.62. The lowest BCUT2D eigenvalue weighted by atomic mass is 10.1. The molecule has 1 atom stereocenters. The number of likely N-dealkylation sites (tertiary alicyclic amines) is 1. The van der Waals surface area contributed by atoms with Crippen LogP contribution in [0.2, 0.25) is 0 Å². The number of morpholine rings is 1. The van der Waals surface area contributed by atoms with Crippen LogP contribution in [0, 0.1) is 5.92 Å². The van der Waals surface area contributed by atoms with Gasteiger partial charge in [0, 0.05) is 32.6 Å². The number of carbonyl (C=O) groups is 2. The monoisotopic (exact) mass is 362 g/mol. The Morgan fingerprint density at radius 1 is 1.19 bits per heavy atom. The van der Waals surface area contributed by atoms with Crippen molar-refractivity contribution in [1.29, 1.82) is 0 Å². The summed E-state index contributed by atoms with van der Waals surface area (Å²) >= 11 is 0. The molecule has 3 rings (SSSR count). The third-order valence-electron chi connectivity index (χ3n) is 5.00. The van der Waals surface area contributed by atoms with Gasteiger partial charge in [0.05, 0.1) is 33.4 Å². The van der Waals surface area contributed by atoms with Gasteiger partial charge in [-0.1, -0.05) is 6.07 Å². The van der Waals surface area contributed by atoms with Gasteiger partial charge in [-0.05, 0) is 24.1 Å². The maximum Gasteiger partial charge on any atom is 0.228 e. The number of hydrogen-bond donors (Lipinski definition) is 0. The van der Waals surface area contributed by atoms with Gasteiger partial charge < -0.3 is 24.0 Å². The molecule has 7 heteroatoms. The van der Waals surface area contributed by atoms with Crippen molar-refractivity contribution >= 4 is 11.8 Å². The van der Waals surface area contributed by atoms with Gasteiger partial charge in [0.15, 0.2) is 11.5 Å². The second kappa shape index (κ2) is 8.40. The Hall–Kier alpha value is -2.28. The van der Waals surface area contributed by atoms with Crippen LogP contribution >= 0.6 is 0 Å². The van der Waals surface area contributed by atoms with Crippen molar-refractivity contribution < 1.29 is 23.8 Å². The van der Waals surface area contributed by atoms with E-state index in [0.717, 1.165) is 5.56 Å². The quantitative estimate of drug-likeness (QED) is 0.754. The molecule has 2 aliphatic rings. The minimum Gasteiger partial charge on any atom is -0.493 e. The van der Waals surface area contributed by atoms with Crippen LogP contribution in [-0.4, -0.2) is 75.2 Å². The van der Waals surface area contributed by atoms with Crippen molar-refractivity contribution in [3.63, 3.8) is 0 Å². The van der Waals surface area contributed by atoms with Gasteiger partial charge in [0.25, 0.3) is 0 Å². The lowest BCUT2D eigenvalue weighted by Crippen LogP contribution is -2.44. The normalized spacial score (nSPS) is 20.4. The summed E-state index contributed by atoms with van der Waals surface area (Å²) in [6.07, 6.45) is 1.02. The highest BCUT2D eigenvalue weighted by atomic mass is 16.5. The lowest BCUT2D eigenvalue weighted by Gasteiger charge is -2.29. The summed E-state index contributed by atoms with van der Waals surface area (Å²) in [4.78, 5) is 28.5. The first-order valence-electron chi connectivity index (χ1n) is 8.97. The van der Waals surface area contributed by atoms with E-state index >= 15 is 0 Å². The zero-order valence-electron chi connectivity index (χ0n) is 15.4. The number of amides is 2. The van der Waals surface area contributed by atoms with Crippen LogP contribution in [0.15, 0.2) is 18.2 Å². The molecule has 0 bridgehead atoms. The summed E-state index contributed by atoms with van der Waals surface area (Å²) in [7, 11) is 3.21. The van der Waals surface area contributed by atoms with Gasteiger partial charge in [0.1, 0.15) is 0 Å². The second-order valence-corrected chi connectivity index (χ2v) is 6.62. The molecule has 2 amide bonds. The summed E-state index contributed by atoms with van der Waals surface area (Å²) < 4.78 is 15.9. The first kappa shape index (κ1) is 18.5. The van der Waals surface area contributed by atoms with Gasteiger partial charge in [-0.3, -0.25) is 9.59 Å². The number of ether oxygens (including phenoxy) is 3. The molecule has 142 valence electrons. The van der Waals surface area contributed by atoms with E-state index < -0.39 is 0 Å². The Bertz CT molecular complexity index is 657. The molecule has 2 heterocycles. The van der Waals surface area contributed by atoms with E-state index in [4.69, 9.17) is 14.2 Å². The van der Waals surface area contributed by atoms with Crippen molar-refractivity contribution in [1.82, 2.24) is 9.80 Å². The van der Waals surface area contributed by atoms with E-state index in [-0.39, 0.29) is 17.7 Å². The molecular weight excluding hydrogens is 336 g/mol. The Labute approximate surface area is 153 Å². The molecule has 0 aliphatic carbocycles. The zero-order chi connectivity index (χ0) is 18.5. The molecule has 2 saturated heterocycles. The van der Waals surface area contributed by atoms with Gasteiger partial charge in [-0.15, -0.1) is 0 Å². The molecule has 1 aromatic carbocycles. The van der Waals surface area contributed by atoms with Crippen LogP contribution < -0.4 is 9.47 Å². The minimum atomic E-state index is -0.231. The van der Waals surface area contributed by atoms with Crippen molar-refractivity contribution in [3.05, 3.63) is 23.8 Å². The Balaban J connectivity index is 1.55. The molecule has 0 aromatic heterocycles. The number of carbonyl (C=O) groups excluding carboxylic acids is 2. The van der Waals surface area contributed by atoms with Crippen molar-refractivity contribution in [3.8, 4) is 11.5 Å². The third-order valence-corrected chi connectivity index (χ3v) is 5.00. The molecule has 2 aliphatic heterocycles. The number of rotatable bonds is 6. The van der Waals surface area contributed by atoms with Crippen LogP contribution in [0.4, 0.5) is 0 Å². The molecule has 7 nitrogen and oxygen atoms in total. The molecule has 26 heavy (non-hydrogen) atoms. The maximum atomic E-state index is 12.6. The topological polar surface area (TPSA) is 68.3 Å². The van der Waals surface area contributed by atoms with Gasteiger partial charge >= 0.3 is 0 Å². The van der Waals surface area contributed by atoms with E-state index in [1.165, 1.54) is 0 Å². The molecule has 0 N–H and O–H groups in total. The first-order chi connectivity index (χ1) is 12.6. The Kier molecular flexibility index (Phi) is 5.98. The number of methoxy groups -OCH3 is 2. The molecule has 0 radical (unpaired) electrons. The largest absolute Gasteiger partial charge is 0.493 e. The van der Waals surface area contributed by atoms with E-state index in [9.17, 15) is 9.59 Å². The highest BCUT2D eigenvalue weighted by molar-refractivity contribution is 5.89. The molecule has 0 saturated carbocycles. The van der Waals surface area contributed by atoms with E-state index in [1.807, 2.05) is 23.1 Å². The lowest BCUT2D eigenvalue weighted by molar-refractivity contribution is -0.139. The predicted octanol–water partition coefficient (Wildman–Crippen LogP) is 0.954. The number of benzene rings is 1. The van der Waals surface area contributed by atoms with Gasteiger partial charge in [-0.2, -0.15) is 0 Å². The van der Waals surface area contributed by atoms with Crippen LogP contribution in [0.5, 0.6) is 11.5 Å². The van der Waals surface area contributed by atoms with Crippen LogP contribution in [0.1, 0.15) is 12.0 Å². The molecule has 1 aromatic rings. The fourth-order valence-electron chi connectivity index (χ4n) is 3.50. The van der Waals surface area contributed by atoms with Crippen LogP contribution in [0.25, 0.3) is 0 Å². The molecule has 0 unspecified atom stereocenters. The van der Waals surface area contributed by atoms with Crippen molar-refractivity contribution in [2.24, 2.45) is 5.92 Å². The summed E-state index contributed by atoms with van der Waals surface area (Å²) in [5, 5.41) is 0. The average Bonchev–Trinajstić information content (AvgIpc) is 3.06. The Morgan fingerprint density at radius 2 is 1.92 bits per heavy atom. The van der Waals surface area contributed by atoms with Crippen molar-refractivity contribution in [2.45, 2.75) is 12.8 Å². The molecular formula is C19H26N2O5. The third kappa shape index (κ3) is 4.09. The van der Waals surface area contributed by atoms with E-state index in [2.05, 4.69) is 0 Å². The van der Waals surface area contributed by atoms with E-state index in [1.54, 1.807) is 19.1 Å². The van der Waals surface area contributed by atoms with Crippen LogP contribution in [-0.2, 0) is 20.7 Å². The number of nitrogens with zero attached hydrogens (tertiary/aromatic N) is 2. The Morgan fingerprint density at radius 3 is 2.62 bits per heavy atom. The summed E-state index contributed by atoms with van der Waals surface area (Å²) in [6, 6.07) is 5.76. The minimum absolute atomic E-state index is 0.0529. The van der Waals surface area contributed by atoms with Gasteiger partial charge in [0.2, 0.25) is 11.8 Å². The van der Waals surface area contributed by atoms with Crippen molar-refractivity contribution in [2.75, 3.05) is 53.6 Å². The standard InChI is InChI=1S/C19H26N2O5/c1-24-16-4-3-14(11-17(16)25-2)5-6-21-13-15(12-18(21)22)19(23)20-7-9-26-10-8-20/h3-4,11,15H,5-10,12-13H2,1-2H3/t15-/m1/s1.